The van der Waals surface area contributed by atoms with Crippen LogP contribution in [0.2, 0.25) is 5.02 Å². The molecule has 1 atom stereocenters. The molecule has 0 spiro atoms. The lowest BCUT2D eigenvalue weighted by Gasteiger charge is -2.36. The third-order valence-electron chi connectivity index (χ3n) is 5.46. The highest BCUT2D eigenvalue weighted by Gasteiger charge is 2.37. The highest BCUT2D eigenvalue weighted by molar-refractivity contribution is 7.89. The Hall–Kier alpha value is -1.69. The minimum Gasteiger partial charge on any atom is -0.338 e. The molecule has 2 fully saturated rings. The van der Waals surface area contributed by atoms with Crippen LogP contribution >= 0.6 is 11.6 Å². The molecule has 7 nitrogen and oxygen atoms in total. The lowest BCUT2D eigenvalue weighted by atomic mass is 10.2. The molecule has 12 heteroatoms. The average Bonchev–Trinajstić information content (AvgIpc) is 3.43. The minimum atomic E-state index is -4.74. The number of rotatable bonds is 5. The van der Waals surface area contributed by atoms with Gasteiger partial charge in [-0.25, -0.2) is 8.42 Å². The van der Waals surface area contributed by atoms with Crippen LogP contribution in [0.1, 0.15) is 49.0 Å². The highest BCUT2D eigenvalue weighted by atomic mass is 35.5. The molecular weight excluding hydrogens is 445 g/mol. The van der Waals surface area contributed by atoms with Gasteiger partial charge in [-0.15, -0.1) is 0 Å². The van der Waals surface area contributed by atoms with Crippen molar-refractivity contribution in [1.29, 1.82) is 0 Å². The van der Waals surface area contributed by atoms with E-state index in [0.29, 0.717) is 36.8 Å². The van der Waals surface area contributed by atoms with Crippen molar-refractivity contribution < 1.29 is 26.1 Å². The first-order valence-corrected chi connectivity index (χ1v) is 11.3. The van der Waals surface area contributed by atoms with Crippen LogP contribution in [0, 0.1) is 0 Å². The van der Waals surface area contributed by atoms with Crippen molar-refractivity contribution in [2.75, 3.05) is 26.2 Å². The lowest BCUT2D eigenvalue weighted by molar-refractivity contribution is -0.137. The van der Waals surface area contributed by atoms with E-state index in [4.69, 9.17) is 16.1 Å². The molecule has 1 saturated carbocycles. The summed E-state index contributed by atoms with van der Waals surface area (Å²) in [5.41, 5.74) is -1.17. The monoisotopic (exact) mass is 464 g/mol. The van der Waals surface area contributed by atoms with Crippen LogP contribution in [0.25, 0.3) is 0 Å². The zero-order chi connectivity index (χ0) is 21.7. The Kier molecular flexibility index (Phi) is 5.58. The molecule has 2 aliphatic rings. The molecule has 164 valence electrons. The van der Waals surface area contributed by atoms with Gasteiger partial charge in [0.2, 0.25) is 15.9 Å². The van der Waals surface area contributed by atoms with Crippen molar-refractivity contribution in [3.8, 4) is 0 Å². The van der Waals surface area contributed by atoms with E-state index in [2.05, 4.69) is 10.1 Å². The van der Waals surface area contributed by atoms with Crippen LogP contribution < -0.4 is 0 Å². The van der Waals surface area contributed by atoms with Crippen LogP contribution in [0.5, 0.6) is 0 Å². The van der Waals surface area contributed by atoms with Crippen LogP contribution in [0.15, 0.2) is 27.6 Å². The second kappa shape index (κ2) is 7.77. The maximum Gasteiger partial charge on any atom is 0.417 e. The number of aromatic nitrogens is 2. The Morgan fingerprint density at radius 1 is 1.20 bits per heavy atom. The van der Waals surface area contributed by atoms with E-state index < -0.39 is 31.7 Å². The number of nitrogens with zero attached hydrogens (tertiary/aromatic N) is 4. The standard InChI is InChI=1S/C18H20ClF3N4O3S/c1-11(17-23-16(24-29-17)12-2-3-12)25-6-8-26(9-7-25)30(27,28)13-4-5-15(19)14(10-13)18(20,21)22/h4-5,10-12H,2-3,6-9H2,1H3. The third kappa shape index (κ3) is 4.20. The third-order valence-corrected chi connectivity index (χ3v) is 7.68. The van der Waals surface area contributed by atoms with Gasteiger partial charge in [0.15, 0.2) is 5.82 Å². The fraction of sp³-hybridized carbons (Fsp3) is 0.556. The molecule has 1 aliphatic heterocycles. The van der Waals surface area contributed by atoms with Crippen molar-refractivity contribution in [2.45, 2.75) is 42.8 Å². The summed E-state index contributed by atoms with van der Waals surface area (Å²) in [6.07, 6.45) is -2.62. The van der Waals surface area contributed by atoms with E-state index in [0.717, 1.165) is 25.0 Å². The first-order chi connectivity index (χ1) is 14.1. The highest BCUT2D eigenvalue weighted by Crippen LogP contribution is 2.39. The first-order valence-electron chi connectivity index (χ1n) is 9.52. The topological polar surface area (TPSA) is 79.5 Å². The minimum absolute atomic E-state index is 0.139. The number of benzene rings is 1. The molecule has 1 aromatic carbocycles. The van der Waals surface area contributed by atoms with Gasteiger partial charge < -0.3 is 4.52 Å². The summed E-state index contributed by atoms with van der Waals surface area (Å²) in [6, 6.07) is 2.47. The van der Waals surface area contributed by atoms with Gasteiger partial charge in [-0.05, 0) is 38.0 Å². The van der Waals surface area contributed by atoms with E-state index >= 15 is 0 Å². The van der Waals surface area contributed by atoms with Gasteiger partial charge in [-0.1, -0.05) is 16.8 Å². The number of piperazine rings is 1. The molecule has 1 aliphatic carbocycles. The fourth-order valence-corrected chi connectivity index (χ4v) is 5.12. The molecule has 1 saturated heterocycles. The molecule has 1 unspecified atom stereocenters. The SMILES string of the molecule is CC(c1nc(C2CC2)no1)N1CCN(S(=O)(=O)c2ccc(Cl)c(C(F)(F)F)c2)CC1. The molecule has 30 heavy (non-hydrogen) atoms. The van der Waals surface area contributed by atoms with Crippen molar-refractivity contribution in [3.63, 3.8) is 0 Å². The number of sulfonamides is 1. The zero-order valence-corrected chi connectivity index (χ0v) is 17.6. The zero-order valence-electron chi connectivity index (χ0n) is 16.1. The summed E-state index contributed by atoms with van der Waals surface area (Å²) in [4.78, 5) is 6.02. The maximum absolute atomic E-state index is 13.1. The summed E-state index contributed by atoms with van der Waals surface area (Å²) in [5, 5.41) is 3.46. The average molecular weight is 465 g/mol. The molecule has 2 aromatic rings. The van der Waals surface area contributed by atoms with E-state index in [1.165, 1.54) is 4.31 Å². The number of alkyl halides is 3. The summed E-state index contributed by atoms with van der Waals surface area (Å²) >= 11 is 5.60. The molecule has 0 amide bonds. The summed E-state index contributed by atoms with van der Waals surface area (Å²) in [5.74, 6) is 1.57. The smallest absolute Gasteiger partial charge is 0.338 e. The quantitative estimate of drug-likeness (QED) is 0.671. The Morgan fingerprint density at radius 2 is 1.87 bits per heavy atom. The second-order valence-corrected chi connectivity index (χ2v) is 9.87. The normalized spacial score (nSPS) is 20.4. The van der Waals surface area contributed by atoms with E-state index in [1.807, 2.05) is 11.8 Å². The Bertz CT molecular complexity index is 1030. The van der Waals surface area contributed by atoms with E-state index in [9.17, 15) is 21.6 Å². The Labute approximate surface area is 176 Å². The molecule has 0 N–H and O–H groups in total. The van der Waals surface area contributed by atoms with Crippen LogP contribution in [-0.4, -0.2) is 53.9 Å². The van der Waals surface area contributed by atoms with Crippen LogP contribution in [-0.2, 0) is 16.2 Å². The van der Waals surface area contributed by atoms with Gasteiger partial charge in [0.25, 0.3) is 0 Å². The summed E-state index contributed by atoms with van der Waals surface area (Å²) < 4.78 is 71.6. The van der Waals surface area contributed by atoms with Crippen molar-refractivity contribution in [2.24, 2.45) is 0 Å². The summed E-state index contributed by atoms with van der Waals surface area (Å²) in [6.45, 7) is 2.96. The van der Waals surface area contributed by atoms with Gasteiger partial charge in [-0.3, -0.25) is 4.90 Å². The van der Waals surface area contributed by atoms with E-state index in [1.54, 1.807) is 0 Å². The molecule has 2 heterocycles. The molecule has 1 aromatic heterocycles. The number of hydrogen-bond donors (Lipinski definition) is 0. The van der Waals surface area contributed by atoms with Crippen molar-refractivity contribution >= 4 is 21.6 Å². The second-order valence-electron chi connectivity index (χ2n) is 7.52. The van der Waals surface area contributed by atoms with Gasteiger partial charge in [-0.2, -0.15) is 22.5 Å². The Balaban J connectivity index is 1.45. The van der Waals surface area contributed by atoms with Crippen molar-refractivity contribution in [1.82, 2.24) is 19.3 Å². The van der Waals surface area contributed by atoms with Gasteiger partial charge >= 0.3 is 6.18 Å². The largest absolute Gasteiger partial charge is 0.417 e. The van der Waals surface area contributed by atoms with Gasteiger partial charge in [0.1, 0.15) is 0 Å². The first kappa shape index (κ1) is 21.5. The predicted molar refractivity (Wildman–Crippen MR) is 101 cm³/mol. The molecular formula is C18H20ClF3N4O3S. The molecule has 4 rings (SSSR count). The number of hydrogen-bond acceptors (Lipinski definition) is 6. The van der Waals surface area contributed by atoms with Crippen LogP contribution in [0.3, 0.4) is 0 Å². The maximum atomic E-state index is 13.1. The van der Waals surface area contributed by atoms with Crippen LogP contribution in [0.4, 0.5) is 13.2 Å². The van der Waals surface area contributed by atoms with Gasteiger partial charge in [0.05, 0.1) is 21.5 Å². The lowest BCUT2D eigenvalue weighted by Crippen LogP contribution is -2.49. The van der Waals surface area contributed by atoms with E-state index in [-0.39, 0.29) is 19.1 Å². The Morgan fingerprint density at radius 3 is 2.47 bits per heavy atom. The predicted octanol–water partition coefficient (Wildman–Crippen LogP) is 3.69. The number of halogens is 4. The fourth-order valence-electron chi connectivity index (χ4n) is 3.44. The molecule has 0 bridgehead atoms. The van der Waals surface area contributed by atoms with Gasteiger partial charge in [0, 0.05) is 32.1 Å². The summed E-state index contributed by atoms with van der Waals surface area (Å²) in [7, 11) is -4.08. The van der Waals surface area contributed by atoms with Crippen molar-refractivity contribution in [3.05, 3.63) is 40.5 Å². The molecule has 0 radical (unpaired) electrons.